The lowest BCUT2D eigenvalue weighted by Crippen LogP contribution is -2.35. The van der Waals surface area contributed by atoms with Gasteiger partial charge in [0.1, 0.15) is 5.82 Å². The predicted molar refractivity (Wildman–Crippen MR) is 123 cm³/mol. The number of carbonyl (C=O) groups excluding carboxylic acids is 1. The predicted octanol–water partition coefficient (Wildman–Crippen LogP) is 2.66. The number of aromatic nitrogens is 2. The maximum absolute atomic E-state index is 12.7. The molecule has 162 valence electrons. The quantitative estimate of drug-likeness (QED) is 0.622. The molecular weight excluding hydrogens is 390 g/mol. The van der Waals surface area contributed by atoms with Crippen molar-refractivity contribution in [3.63, 3.8) is 0 Å². The molecule has 0 radical (unpaired) electrons. The fraction of sp³-hybridized carbons (Fsp3) is 0.333. The fourth-order valence-electron chi connectivity index (χ4n) is 3.94. The van der Waals surface area contributed by atoms with E-state index in [1.54, 1.807) is 23.2 Å². The number of ether oxygens (including phenoxy) is 1. The average Bonchev–Trinajstić information content (AvgIpc) is 3.10. The zero-order valence-electron chi connectivity index (χ0n) is 18.1. The third kappa shape index (κ3) is 4.95. The summed E-state index contributed by atoms with van der Waals surface area (Å²) in [6.07, 6.45) is 7.18. The summed E-state index contributed by atoms with van der Waals surface area (Å²) in [4.78, 5) is 21.0. The number of para-hydroxylation sites is 1. The summed E-state index contributed by atoms with van der Waals surface area (Å²) < 4.78 is 7.50. The monoisotopic (exact) mass is 419 g/mol. The Kier molecular flexibility index (Phi) is 6.34. The largest absolute Gasteiger partial charge is 0.383 e. The van der Waals surface area contributed by atoms with Crippen molar-refractivity contribution < 1.29 is 9.53 Å². The van der Waals surface area contributed by atoms with Crippen LogP contribution in [0.5, 0.6) is 0 Å². The molecule has 0 spiro atoms. The number of hydrogen-bond donors (Lipinski definition) is 1. The molecule has 3 aromatic rings. The molecule has 2 N–H and O–H groups in total. The van der Waals surface area contributed by atoms with Crippen LogP contribution in [0.25, 0.3) is 17.0 Å². The number of fused-ring (bicyclic) bond motifs is 1. The molecule has 0 aliphatic carbocycles. The Bertz CT molecular complexity index is 1100. The topological polar surface area (TPSA) is 76.6 Å². The second-order valence-electron chi connectivity index (χ2n) is 8.01. The van der Waals surface area contributed by atoms with Crippen LogP contribution in [0.2, 0.25) is 0 Å². The van der Waals surface area contributed by atoms with Gasteiger partial charge < -0.3 is 19.9 Å². The highest BCUT2D eigenvalue weighted by Crippen LogP contribution is 2.21. The normalized spacial score (nSPS) is 15.0. The van der Waals surface area contributed by atoms with E-state index in [0.717, 1.165) is 55.1 Å². The first-order chi connectivity index (χ1) is 15.0. The Morgan fingerprint density at radius 2 is 2.03 bits per heavy atom. The maximum atomic E-state index is 12.7. The molecule has 7 heteroatoms. The molecule has 1 aromatic carbocycles. The summed E-state index contributed by atoms with van der Waals surface area (Å²) in [6, 6.07) is 10.2. The van der Waals surface area contributed by atoms with E-state index in [1.807, 2.05) is 32.3 Å². The van der Waals surface area contributed by atoms with Gasteiger partial charge >= 0.3 is 0 Å². The van der Waals surface area contributed by atoms with E-state index in [2.05, 4.69) is 32.8 Å². The van der Waals surface area contributed by atoms with Crippen LogP contribution in [0.1, 0.15) is 16.7 Å². The number of pyridine rings is 1. The van der Waals surface area contributed by atoms with Crippen molar-refractivity contribution in [1.82, 2.24) is 19.4 Å². The summed E-state index contributed by atoms with van der Waals surface area (Å²) >= 11 is 0. The number of aryl methyl sites for hydroxylation is 1. The summed E-state index contributed by atoms with van der Waals surface area (Å²) in [6.45, 7) is 4.54. The van der Waals surface area contributed by atoms with Crippen molar-refractivity contribution in [2.75, 3.05) is 39.1 Å². The van der Waals surface area contributed by atoms with E-state index in [4.69, 9.17) is 10.5 Å². The minimum Gasteiger partial charge on any atom is -0.383 e. The lowest BCUT2D eigenvalue weighted by molar-refractivity contribution is -0.125. The van der Waals surface area contributed by atoms with Crippen molar-refractivity contribution in [3.8, 4) is 0 Å². The van der Waals surface area contributed by atoms with Crippen molar-refractivity contribution in [1.29, 1.82) is 0 Å². The second kappa shape index (κ2) is 9.32. The number of nitrogens with zero attached hydrogens (tertiary/aromatic N) is 4. The SMILES string of the molecule is CN(Cc1cn(C)c2ccccc12)C(=O)C=Cc1cnc(N)c(CN2CCOCC2)c1. The minimum absolute atomic E-state index is 0.0560. The molecule has 1 amide bonds. The number of amides is 1. The molecule has 1 aliphatic heterocycles. The molecule has 0 saturated carbocycles. The van der Waals surface area contributed by atoms with Crippen molar-refractivity contribution in [3.05, 3.63) is 65.5 Å². The molecule has 31 heavy (non-hydrogen) atoms. The Balaban J connectivity index is 1.42. The highest BCUT2D eigenvalue weighted by molar-refractivity contribution is 5.92. The van der Waals surface area contributed by atoms with Gasteiger partial charge in [0.05, 0.1) is 13.2 Å². The van der Waals surface area contributed by atoms with Crippen LogP contribution in [-0.4, -0.2) is 58.6 Å². The van der Waals surface area contributed by atoms with Gasteiger partial charge in [-0.2, -0.15) is 0 Å². The number of carbonyl (C=O) groups is 1. The van der Waals surface area contributed by atoms with E-state index in [9.17, 15) is 4.79 Å². The molecule has 0 unspecified atom stereocenters. The van der Waals surface area contributed by atoms with Gasteiger partial charge in [0, 0.05) is 75.2 Å². The van der Waals surface area contributed by atoms with E-state index in [-0.39, 0.29) is 5.91 Å². The Morgan fingerprint density at radius 3 is 2.84 bits per heavy atom. The number of nitrogens with two attached hydrogens (primary N) is 1. The average molecular weight is 420 g/mol. The van der Waals surface area contributed by atoms with E-state index >= 15 is 0 Å². The van der Waals surface area contributed by atoms with Crippen LogP contribution >= 0.6 is 0 Å². The zero-order valence-corrected chi connectivity index (χ0v) is 18.1. The van der Waals surface area contributed by atoms with Crippen LogP contribution in [0, 0.1) is 0 Å². The van der Waals surface area contributed by atoms with Gasteiger partial charge in [-0.15, -0.1) is 0 Å². The standard InChI is InChI=1S/C24H29N5O2/c1-27-15-20(21-5-3-4-6-22(21)27)16-28(2)23(30)8-7-18-13-19(24(25)26-14-18)17-29-9-11-31-12-10-29/h3-8,13-15H,9-12,16-17H2,1-2H3,(H2,25,26). The van der Waals surface area contributed by atoms with Crippen LogP contribution in [0.3, 0.4) is 0 Å². The fourth-order valence-corrected chi connectivity index (χ4v) is 3.94. The molecule has 2 aromatic heterocycles. The number of morpholine rings is 1. The van der Waals surface area contributed by atoms with Gasteiger partial charge in [-0.3, -0.25) is 9.69 Å². The van der Waals surface area contributed by atoms with Gasteiger partial charge in [-0.05, 0) is 29.3 Å². The van der Waals surface area contributed by atoms with Crippen molar-refractivity contribution in [2.45, 2.75) is 13.1 Å². The summed E-state index contributed by atoms with van der Waals surface area (Å²) in [5, 5.41) is 1.17. The van der Waals surface area contributed by atoms with Gasteiger partial charge in [-0.1, -0.05) is 18.2 Å². The third-order valence-corrected chi connectivity index (χ3v) is 5.70. The molecule has 0 bridgehead atoms. The maximum Gasteiger partial charge on any atom is 0.246 e. The number of rotatable bonds is 6. The number of anilines is 1. The molecular formula is C24H29N5O2. The first-order valence-electron chi connectivity index (χ1n) is 10.5. The van der Waals surface area contributed by atoms with Gasteiger partial charge in [0.25, 0.3) is 0 Å². The van der Waals surface area contributed by atoms with E-state index in [0.29, 0.717) is 12.4 Å². The Hall–Kier alpha value is -3.16. The number of benzene rings is 1. The van der Waals surface area contributed by atoms with Crippen LogP contribution in [0.15, 0.2) is 48.8 Å². The van der Waals surface area contributed by atoms with E-state index < -0.39 is 0 Å². The first-order valence-corrected chi connectivity index (χ1v) is 10.5. The molecule has 1 saturated heterocycles. The van der Waals surface area contributed by atoms with Crippen LogP contribution in [0.4, 0.5) is 5.82 Å². The summed E-state index contributed by atoms with van der Waals surface area (Å²) in [5.41, 5.74) is 10.2. The highest BCUT2D eigenvalue weighted by Gasteiger charge is 2.14. The molecule has 1 aliphatic rings. The van der Waals surface area contributed by atoms with Gasteiger partial charge in [0.2, 0.25) is 5.91 Å². The highest BCUT2D eigenvalue weighted by atomic mass is 16.5. The minimum atomic E-state index is -0.0560. The second-order valence-corrected chi connectivity index (χ2v) is 8.01. The zero-order chi connectivity index (χ0) is 21.8. The molecule has 3 heterocycles. The number of nitrogen functional groups attached to an aromatic ring is 1. The first kappa shape index (κ1) is 21.1. The van der Waals surface area contributed by atoms with Crippen molar-refractivity contribution >= 4 is 28.7 Å². The third-order valence-electron chi connectivity index (χ3n) is 5.70. The number of hydrogen-bond acceptors (Lipinski definition) is 5. The van der Waals surface area contributed by atoms with Crippen molar-refractivity contribution in [2.24, 2.45) is 7.05 Å². The Morgan fingerprint density at radius 1 is 1.26 bits per heavy atom. The lowest BCUT2D eigenvalue weighted by Gasteiger charge is -2.26. The molecule has 1 fully saturated rings. The number of likely N-dealkylation sites (N-methyl/N-ethyl adjacent to an activating group) is 1. The van der Waals surface area contributed by atoms with Gasteiger partial charge in [0.15, 0.2) is 0 Å². The van der Waals surface area contributed by atoms with Crippen LogP contribution in [-0.2, 0) is 29.7 Å². The summed E-state index contributed by atoms with van der Waals surface area (Å²) in [7, 11) is 3.84. The smallest absolute Gasteiger partial charge is 0.246 e. The van der Waals surface area contributed by atoms with Crippen LogP contribution < -0.4 is 5.73 Å². The lowest BCUT2D eigenvalue weighted by atomic mass is 10.1. The van der Waals surface area contributed by atoms with Gasteiger partial charge in [-0.25, -0.2) is 4.98 Å². The molecule has 0 atom stereocenters. The Labute approximate surface area is 182 Å². The van der Waals surface area contributed by atoms with E-state index in [1.165, 1.54) is 5.39 Å². The summed E-state index contributed by atoms with van der Waals surface area (Å²) in [5.74, 6) is 0.475. The molecule has 4 rings (SSSR count). The molecule has 7 nitrogen and oxygen atoms in total.